The first-order valence-corrected chi connectivity index (χ1v) is 2.48. The lowest BCUT2D eigenvalue weighted by molar-refractivity contribution is 0.332. The summed E-state index contributed by atoms with van der Waals surface area (Å²) in [6, 6.07) is 0. The SMILES string of the molecule is [CH2-]N1CC[C@H](F)C1. The Kier molecular flexibility index (Phi) is 1.28. The summed E-state index contributed by atoms with van der Waals surface area (Å²) in [7, 11) is 3.58. The Morgan fingerprint density at radius 3 is 2.57 bits per heavy atom. The van der Waals surface area contributed by atoms with Crippen LogP contribution in [0.15, 0.2) is 0 Å². The summed E-state index contributed by atoms with van der Waals surface area (Å²) in [6.45, 7) is 1.35. The highest BCUT2D eigenvalue weighted by Crippen LogP contribution is 2.09. The van der Waals surface area contributed by atoms with Gasteiger partial charge in [0.15, 0.2) is 0 Å². The van der Waals surface area contributed by atoms with Gasteiger partial charge in [-0.2, -0.15) is 0 Å². The second-order valence-electron chi connectivity index (χ2n) is 1.96. The average molecular weight is 102 g/mol. The molecule has 0 aliphatic carbocycles. The second kappa shape index (κ2) is 1.78. The minimum absolute atomic E-state index is 0.528. The molecular formula is C5H9FN-. The van der Waals surface area contributed by atoms with Gasteiger partial charge in [-0.05, 0) is 13.0 Å². The Hall–Kier alpha value is -0.110. The van der Waals surface area contributed by atoms with Crippen LogP contribution < -0.4 is 0 Å². The summed E-state index contributed by atoms with van der Waals surface area (Å²) in [5, 5.41) is 0. The van der Waals surface area contributed by atoms with Gasteiger partial charge in [0.25, 0.3) is 0 Å². The van der Waals surface area contributed by atoms with Crippen molar-refractivity contribution >= 4 is 0 Å². The first-order valence-electron chi connectivity index (χ1n) is 2.48. The molecule has 1 aliphatic rings. The number of hydrogen-bond donors (Lipinski definition) is 0. The van der Waals surface area contributed by atoms with Crippen molar-refractivity contribution in [3.63, 3.8) is 0 Å². The van der Waals surface area contributed by atoms with E-state index in [0.717, 1.165) is 6.54 Å². The largest absolute Gasteiger partial charge is 0.457 e. The van der Waals surface area contributed by atoms with Gasteiger partial charge in [-0.25, -0.2) is 4.39 Å². The van der Waals surface area contributed by atoms with E-state index in [1.54, 1.807) is 4.90 Å². The highest BCUT2D eigenvalue weighted by atomic mass is 19.1. The molecule has 0 N–H and O–H groups in total. The summed E-state index contributed by atoms with van der Waals surface area (Å²) in [5.74, 6) is 0. The lowest BCUT2D eigenvalue weighted by atomic mass is 10.4. The maximum Gasteiger partial charge on any atom is 0.111 e. The van der Waals surface area contributed by atoms with Crippen LogP contribution in [0.4, 0.5) is 4.39 Å². The average Bonchev–Trinajstić information content (AvgIpc) is 1.87. The highest BCUT2D eigenvalue weighted by Gasteiger charge is 2.12. The molecule has 0 aromatic rings. The predicted octanol–water partition coefficient (Wildman–Crippen LogP) is 0.822. The van der Waals surface area contributed by atoms with Crippen molar-refractivity contribution in [1.29, 1.82) is 0 Å². The smallest absolute Gasteiger partial charge is 0.111 e. The molecule has 42 valence electrons. The van der Waals surface area contributed by atoms with Crippen LogP contribution in [-0.2, 0) is 0 Å². The minimum atomic E-state index is -0.613. The van der Waals surface area contributed by atoms with E-state index in [2.05, 4.69) is 7.05 Å². The lowest BCUT2D eigenvalue weighted by Gasteiger charge is -2.13. The molecule has 0 aromatic carbocycles. The van der Waals surface area contributed by atoms with Crippen molar-refractivity contribution < 1.29 is 4.39 Å². The molecule has 0 bridgehead atoms. The maximum absolute atomic E-state index is 12.1. The Morgan fingerprint density at radius 2 is 2.43 bits per heavy atom. The van der Waals surface area contributed by atoms with E-state index in [1.165, 1.54) is 0 Å². The molecule has 0 saturated carbocycles. The molecule has 0 spiro atoms. The van der Waals surface area contributed by atoms with Gasteiger partial charge in [0, 0.05) is 6.54 Å². The molecule has 0 radical (unpaired) electrons. The topological polar surface area (TPSA) is 3.24 Å². The summed E-state index contributed by atoms with van der Waals surface area (Å²) < 4.78 is 12.1. The minimum Gasteiger partial charge on any atom is -0.457 e. The zero-order valence-electron chi connectivity index (χ0n) is 4.23. The quantitative estimate of drug-likeness (QED) is 0.409. The summed E-state index contributed by atoms with van der Waals surface area (Å²) >= 11 is 0. The number of nitrogens with zero attached hydrogens (tertiary/aromatic N) is 1. The normalized spacial score (nSPS) is 34.3. The molecule has 1 rings (SSSR count). The van der Waals surface area contributed by atoms with Gasteiger partial charge in [-0.3, -0.25) is 7.05 Å². The molecule has 1 heterocycles. The fourth-order valence-corrected chi connectivity index (χ4v) is 0.785. The first-order chi connectivity index (χ1) is 3.29. The molecule has 0 aromatic heterocycles. The standard InChI is InChI=1S/C5H9FN/c1-7-3-2-5(6)4-7/h5H,1-4H2/q-1/t5-/m0/s1. The fraction of sp³-hybridized carbons (Fsp3) is 0.800. The van der Waals surface area contributed by atoms with Crippen molar-refractivity contribution in [3.8, 4) is 0 Å². The highest BCUT2D eigenvalue weighted by molar-refractivity contribution is 4.73. The van der Waals surface area contributed by atoms with Crippen LogP contribution in [0, 0.1) is 7.05 Å². The van der Waals surface area contributed by atoms with Crippen LogP contribution in [0.2, 0.25) is 0 Å². The van der Waals surface area contributed by atoms with Crippen LogP contribution >= 0.6 is 0 Å². The van der Waals surface area contributed by atoms with E-state index < -0.39 is 6.17 Å². The van der Waals surface area contributed by atoms with Crippen LogP contribution in [0.1, 0.15) is 6.42 Å². The number of likely N-dealkylation sites (tertiary alicyclic amines) is 1. The number of halogens is 1. The summed E-state index contributed by atoms with van der Waals surface area (Å²) in [4.78, 5) is 1.75. The van der Waals surface area contributed by atoms with Gasteiger partial charge in [-0.1, -0.05) is 0 Å². The van der Waals surface area contributed by atoms with E-state index in [9.17, 15) is 4.39 Å². The fourth-order valence-electron chi connectivity index (χ4n) is 0.785. The number of rotatable bonds is 0. The molecule has 2 heteroatoms. The Bertz CT molecular complexity index is 57.1. The van der Waals surface area contributed by atoms with E-state index in [-0.39, 0.29) is 0 Å². The molecule has 1 saturated heterocycles. The van der Waals surface area contributed by atoms with Gasteiger partial charge >= 0.3 is 0 Å². The molecule has 1 nitrogen and oxygen atoms in total. The number of alkyl halides is 1. The third kappa shape index (κ3) is 1.13. The molecule has 7 heavy (non-hydrogen) atoms. The first kappa shape index (κ1) is 5.04. The summed E-state index contributed by atoms with van der Waals surface area (Å²) in [6.07, 6.45) is 0.0567. The van der Waals surface area contributed by atoms with Gasteiger partial charge in [-0.15, -0.1) is 0 Å². The van der Waals surface area contributed by atoms with Gasteiger partial charge in [0.2, 0.25) is 0 Å². The molecule has 1 fully saturated rings. The van der Waals surface area contributed by atoms with Crippen molar-refractivity contribution in [3.05, 3.63) is 7.05 Å². The zero-order chi connectivity index (χ0) is 5.28. The van der Waals surface area contributed by atoms with Crippen LogP contribution in [0.25, 0.3) is 0 Å². The van der Waals surface area contributed by atoms with Crippen molar-refractivity contribution in [2.24, 2.45) is 0 Å². The van der Waals surface area contributed by atoms with E-state index in [1.807, 2.05) is 0 Å². The van der Waals surface area contributed by atoms with Crippen molar-refractivity contribution in [2.75, 3.05) is 13.1 Å². The lowest BCUT2D eigenvalue weighted by Crippen LogP contribution is -2.11. The summed E-state index contributed by atoms with van der Waals surface area (Å²) in [5.41, 5.74) is 0. The van der Waals surface area contributed by atoms with E-state index in [4.69, 9.17) is 0 Å². The Balaban J connectivity index is 2.26. The van der Waals surface area contributed by atoms with Gasteiger partial charge < -0.3 is 4.90 Å². The van der Waals surface area contributed by atoms with Crippen LogP contribution in [0.3, 0.4) is 0 Å². The zero-order valence-corrected chi connectivity index (χ0v) is 4.23. The predicted molar refractivity (Wildman–Crippen MR) is 26.4 cm³/mol. The molecule has 1 atom stereocenters. The molecule has 0 unspecified atom stereocenters. The molecule has 1 aliphatic heterocycles. The van der Waals surface area contributed by atoms with Crippen molar-refractivity contribution in [1.82, 2.24) is 4.90 Å². The van der Waals surface area contributed by atoms with Gasteiger partial charge in [0.05, 0.1) is 0 Å². The molecular weight excluding hydrogens is 93.1 g/mol. The van der Waals surface area contributed by atoms with Crippen molar-refractivity contribution in [2.45, 2.75) is 12.6 Å². The monoisotopic (exact) mass is 102 g/mol. The second-order valence-corrected chi connectivity index (χ2v) is 1.96. The maximum atomic E-state index is 12.1. The van der Waals surface area contributed by atoms with Gasteiger partial charge in [0.1, 0.15) is 6.17 Å². The third-order valence-electron chi connectivity index (χ3n) is 1.21. The molecule has 0 amide bonds. The Morgan fingerprint density at radius 1 is 1.71 bits per heavy atom. The van der Waals surface area contributed by atoms with Crippen LogP contribution in [0.5, 0.6) is 0 Å². The van der Waals surface area contributed by atoms with E-state index in [0.29, 0.717) is 13.0 Å². The Labute approximate surface area is 43.1 Å². The number of hydrogen-bond acceptors (Lipinski definition) is 1. The van der Waals surface area contributed by atoms with E-state index >= 15 is 0 Å². The van der Waals surface area contributed by atoms with Crippen LogP contribution in [-0.4, -0.2) is 24.2 Å². The third-order valence-corrected chi connectivity index (χ3v) is 1.21.